The molecule has 0 fully saturated rings. The molecule has 0 amide bonds. The van der Waals surface area contributed by atoms with Crippen molar-refractivity contribution >= 4 is 10.9 Å². The fraction of sp³-hybridized carbons (Fsp3) is 0.667. The Morgan fingerprint density at radius 3 is 2.89 bits per heavy atom. The third kappa shape index (κ3) is 5.91. The van der Waals surface area contributed by atoms with Gasteiger partial charge in [-0.05, 0) is 0 Å². The van der Waals surface area contributed by atoms with Gasteiger partial charge in [0.15, 0.2) is 0 Å². The standard InChI is InChI=1S/C6H10O2.Cr/c1-8-6-4-2-3-5-7;/h5H,2-4H2,1H3;. The van der Waals surface area contributed by atoms with Crippen LogP contribution < -0.4 is 0 Å². The molecular formula is C6H10CrO2. The first kappa shape index (κ1) is 9.03. The van der Waals surface area contributed by atoms with Gasteiger partial charge < -0.3 is 0 Å². The Morgan fingerprint density at radius 1 is 1.78 bits per heavy atom. The average molecular weight is 166 g/mol. The Labute approximate surface area is 63.2 Å². The Hall–Kier alpha value is 0.0325. The molecule has 0 aromatic carbocycles. The fourth-order valence-corrected chi connectivity index (χ4v) is 0.657. The number of aldehydes is 1. The van der Waals surface area contributed by atoms with Gasteiger partial charge in [0, 0.05) is 0 Å². The molecule has 0 aliphatic carbocycles. The summed E-state index contributed by atoms with van der Waals surface area (Å²) in [5.41, 5.74) is 0. The minimum atomic E-state index is 0.620. The predicted octanol–water partition coefficient (Wildman–Crippen LogP) is 0.679. The van der Waals surface area contributed by atoms with Gasteiger partial charge in [0.1, 0.15) is 0 Å². The second kappa shape index (κ2) is 6.16. The van der Waals surface area contributed by atoms with Crippen LogP contribution in [0.2, 0.25) is 0 Å². The van der Waals surface area contributed by atoms with Crippen molar-refractivity contribution in [1.82, 2.24) is 0 Å². The van der Waals surface area contributed by atoms with Crippen molar-refractivity contribution in [3.05, 3.63) is 0 Å². The molecule has 0 N–H and O–H groups in total. The van der Waals surface area contributed by atoms with Crippen molar-refractivity contribution in [2.75, 3.05) is 7.11 Å². The van der Waals surface area contributed by atoms with Crippen molar-refractivity contribution in [1.29, 1.82) is 0 Å². The number of hydrogen-bond donors (Lipinski definition) is 0. The summed E-state index contributed by atoms with van der Waals surface area (Å²) in [4.78, 5) is 9.81. The molecule has 0 saturated carbocycles. The molecule has 0 aliphatic rings. The quantitative estimate of drug-likeness (QED) is 0.443. The third-order valence-electron chi connectivity index (χ3n) is 0.931. The van der Waals surface area contributed by atoms with Crippen LogP contribution in [0, 0.1) is 0 Å². The van der Waals surface area contributed by atoms with E-state index >= 15 is 0 Å². The Balaban J connectivity index is 3.06. The van der Waals surface area contributed by atoms with Gasteiger partial charge in [-0.25, -0.2) is 0 Å². The van der Waals surface area contributed by atoms with E-state index in [0.29, 0.717) is 6.42 Å². The van der Waals surface area contributed by atoms with Gasteiger partial charge in [0.2, 0.25) is 0 Å². The molecule has 0 saturated heterocycles. The van der Waals surface area contributed by atoms with E-state index in [0.717, 1.165) is 23.7 Å². The van der Waals surface area contributed by atoms with E-state index in [1.54, 1.807) is 7.11 Å². The molecule has 0 rings (SSSR count). The van der Waals surface area contributed by atoms with E-state index in [2.05, 4.69) is 15.9 Å². The molecule has 0 aromatic heterocycles. The summed E-state index contributed by atoms with van der Waals surface area (Å²) in [7, 11) is 1.62. The zero-order valence-corrected chi connectivity index (χ0v) is 6.70. The van der Waals surface area contributed by atoms with Crippen molar-refractivity contribution in [2.45, 2.75) is 19.3 Å². The van der Waals surface area contributed by atoms with Crippen LogP contribution in [0.25, 0.3) is 0 Å². The van der Waals surface area contributed by atoms with Crippen LogP contribution in [0.5, 0.6) is 0 Å². The normalized spacial score (nSPS) is 9.00. The van der Waals surface area contributed by atoms with Crippen LogP contribution in [-0.2, 0) is 25.4 Å². The molecule has 0 aliphatic heterocycles. The van der Waals surface area contributed by atoms with Gasteiger partial charge in [-0.2, -0.15) is 0 Å². The van der Waals surface area contributed by atoms with Crippen molar-refractivity contribution < 1.29 is 25.4 Å². The van der Waals surface area contributed by atoms with E-state index < -0.39 is 0 Å². The first-order valence-corrected chi connectivity index (χ1v) is 3.45. The molecule has 0 unspecified atom stereocenters. The molecule has 0 bridgehead atoms. The molecule has 2 nitrogen and oxygen atoms in total. The van der Waals surface area contributed by atoms with Gasteiger partial charge in [0.25, 0.3) is 0 Å². The Bertz CT molecular complexity index is 101. The molecule has 0 aromatic rings. The van der Waals surface area contributed by atoms with Crippen molar-refractivity contribution in [2.24, 2.45) is 0 Å². The summed E-state index contributed by atoms with van der Waals surface area (Å²) in [6.45, 7) is 0. The zero-order valence-electron chi connectivity index (χ0n) is 5.42. The maximum atomic E-state index is 9.81. The number of ether oxygens (including phenoxy) is 1. The summed E-state index contributed by atoms with van der Waals surface area (Å²) < 4.78 is 5.71. The second-order valence-electron chi connectivity index (χ2n) is 1.64. The minimum absolute atomic E-state index is 0.620. The second-order valence-corrected chi connectivity index (χ2v) is 2.35. The summed E-state index contributed by atoms with van der Waals surface area (Å²) in [5, 5.41) is 0. The molecule has 0 atom stereocenters. The molecule has 3 heteroatoms. The van der Waals surface area contributed by atoms with E-state index in [4.69, 9.17) is 4.74 Å². The number of unbranched alkanes of at least 4 members (excludes halogenated alkanes) is 1. The van der Waals surface area contributed by atoms with Gasteiger partial charge in [-0.3, -0.25) is 0 Å². The molecule has 0 heterocycles. The summed E-state index contributed by atoms with van der Waals surface area (Å²) in [6, 6.07) is 0. The zero-order chi connectivity index (χ0) is 7.11. The van der Waals surface area contributed by atoms with Crippen LogP contribution in [-0.4, -0.2) is 18.0 Å². The van der Waals surface area contributed by atoms with Gasteiger partial charge >= 0.3 is 62.6 Å². The van der Waals surface area contributed by atoms with Gasteiger partial charge in [-0.1, -0.05) is 0 Å². The summed E-state index contributed by atoms with van der Waals surface area (Å²) in [6.07, 6.45) is 3.26. The third-order valence-corrected chi connectivity index (χ3v) is 1.51. The average Bonchev–Trinajstić information content (AvgIpc) is 1.89. The molecule has 52 valence electrons. The van der Waals surface area contributed by atoms with Gasteiger partial charge in [0.05, 0.1) is 0 Å². The van der Waals surface area contributed by atoms with Crippen LogP contribution in [0.4, 0.5) is 0 Å². The molecule has 0 spiro atoms. The number of methoxy groups -OCH3 is 1. The number of hydrogen-bond acceptors (Lipinski definition) is 2. The number of carbonyl (C=O) groups is 1. The van der Waals surface area contributed by atoms with E-state index in [-0.39, 0.29) is 0 Å². The summed E-state index contributed by atoms with van der Waals surface area (Å²) >= 11 is 2.76. The fourth-order valence-electron chi connectivity index (χ4n) is 0.432. The van der Waals surface area contributed by atoms with E-state index in [1.165, 1.54) is 0 Å². The van der Waals surface area contributed by atoms with E-state index in [9.17, 15) is 4.79 Å². The topological polar surface area (TPSA) is 26.3 Å². The van der Waals surface area contributed by atoms with Crippen LogP contribution in [0.1, 0.15) is 19.3 Å². The van der Waals surface area contributed by atoms with Crippen molar-refractivity contribution in [3.8, 4) is 0 Å². The van der Waals surface area contributed by atoms with Crippen LogP contribution in [0.3, 0.4) is 0 Å². The molecular weight excluding hydrogens is 156 g/mol. The van der Waals surface area contributed by atoms with Crippen molar-refractivity contribution in [3.63, 3.8) is 0 Å². The SMILES string of the molecule is CO[C](=[Cr])CCCC=O. The van der Waals surface area contributed by atoms with Crippen LogP contribution >= 0.6 is 0 Å². The van der Waals surface area contributed by atoms with E-state index in [1.807, 2.05) is 0 Å². The first-order valence-electron chi connectivity index (χ1n) is 2.81. The number of rotatable bonds is 5. The van der Waals surface area contributed by atoms with Crippen LogP contribution in [0.15, 0.2) is 0 Å². The predicted molar refractivity (Wildman–Crippen MR) is 31.9 cm³/mol. The Morgan fingerprint density at radius 2 is 2.44 bits per heavy atom. The monoisotopic (exact) mass is 166 g/mol. The first-order chi connectivity index (χ1) is 4.31. The Kier molecular flexibility index (Phi) is 6.18. The maximum absolute atomic E-state index is 9.81. The number of carbonyl (C=O) groups excluding carboxylic acids is 1. The van der Waals surface area contributed by atoms with Gasteiger partial charge in [-0.15, -0.1) is 0 Å². The molecule has 9 heavy (non-hydrogen) atoms. The summed E-state index contributed by atoms with van der Waals surface area (Å²) in [5.74, 6) is 0. The molecule has 0 radical (unpaired) electrons.